The second-order valence-electron chi connectivity index (χ2n) is 4.89. The van der Waals surface area contributed by atoms with Gasteiger partial charge in [0, 0.05) is 18.2 Å². The fourth-order valence-electron chi connectivity index (χ4n) is 1.99. The van der Waals surface area contributed by atoms with Gasteiger partial charge in [-0.25, -0.2) is 8.78 Å². The molecule has 2 N–H and O–H groups in total. The van der Waals surface area contributed by atoms with E-state index >= 15 is 0 Å². The van der Waals surface area contributed by atoms with E-state index in [0.717, 1.165) is 5.56 Å². The Balaban J connectivity index is 2.06. The summed E-state index contributed by atoms with van der Waals surface area (Å²) in [7, 11) is 0. The highest BCUT2D eigenvalue weighted by Gasteiger charge is 2.13. The molecule has 0 heterocycles. The molecule has 0 amide bonds. The first-order valence-corrected chi connectivity index (χ1v) is 6.44. The van der Waals surface area contributed by atoms with Gasteiger partial charge in [-0.1, -0.05) is 12.1 Å². The van der Waals surface area contributed by atoms with E-state index in [0.29, 0.717) is 17.7 Å². The van der Waals surface area contributed by atoms with Crippen LogP contribution < -0.4 is 5.32 Å². The van der Waals surface area contributed by atoms with Crippen molar-refractivity contribution in [2.24, 2.45) is 0 Å². The van der Waals surface area contributed by atoms with E-state index in [1.807, 2.05) is 0 Å². The topological polar surface area (TPSA) is 32.3 Å². The maximum Gasteiger partial charge on any atom is 0.128 e. The summed E-state index contributed by atoms with van der Waals surface area (Å²) in [6, 6.07) is 8.88. The smallest absolute Gasteiger partial charge is 0.128 e. The minimum Gasteiger partial charge on any atom is -0.508 e. The van der Waals surface area contributed by atoms with Crippen LogP contribution in [0.25, 0.3) is 0 Å². The molecule has 2 aromatic carbocycles. The Hall–Kier alpha value is -1.94. The van der Waals surface area contributed by atoms with Gasteiger partial charge in [0.25, 0.3) is 0 Å². The first-order chi connectivity index (χ1) is 9.47. The summed E-state index contributed by atoms with van der Waals surface area (Å²) in [6.07, 6.45) is 0. The monoisotopic (exact) mass is 277 g/mol. The number of benzene rings is 2. The van der Waals surface area contributed by atoms with E-state index in [4.69, 9.17) is 0 Å². The van der Waals surface area contributed by atoms with E-state index in [-0.39, 0.29) is 11.8 Å². The fourth-order valence-corrected chi connectivity index (χ4v) is 1.99. The van der Waals surface area contributed by atoms with Crippen LogP contribution in [0.5, 0.6) is 5.75 Å². The van der Waals surface area contributed by atoms with Crippen molar-refractivity contribution in [3.63, 3.8) is 0 Å². The Morgan fingerprint density at radius 2 is 1.75 bits per heavy atom. The van der Waals surface area contributed by atoms with Gasteiger partial charge in [-0.3, -0.25) is 0 Å². The molecule has 0 aromatic heterocycles. The molecule has 0 aliphatic rings. The molecule has 2 rings (SSSR count). The molecule has 0 radical (unpaired) electrons. The molecule has 1 atom stereocenters. The molecule has 0 saturated heterocycles. The van der Waals surface area contributed by atoms with Crippen LogP contribution in [0.4, 0.5) is 8.78 Å². The van der Waals surface area contributed by atoms with Crippen molar-refractivity contribution in [1.29, 1.82) is 0 Å². The third kappa shape index (κ3) is 3.33. The largest absolute Gasteiger partial charge is 0.508 e. The molecular formula is C16H17F2NO. The zero-order valence-electron chi connectivity index (χ0n) is 11.5. The highest BCUT2D eigenvalue weighted by atomic mass is 19.1. The number of hydrogen-bond acceptors (Lipinski definition) is 2. The molecule has 0 bridgehead atoms. The van der Waals surface area contributed by atoms with Crippen LogP contribution in [0.3, 0.4) is 0 Å². The average molecular weight is 277 g/mol. The Morgan fingerprint density at radius 1 is 1.10 bits per heavy atom. The zero-order valence-corrected chi connectivity index (χ0v) is 11.5. The van der Waals surface area contributed by atoms with E-state index in [2.05, 4.69) is 5.32 Å². The third-order valence-electron chi connectivity index (χ3n) is 3.29. The van der Waals surface area contributed by atoms with Crippen molar-refractivity contribution in [3.05, 3.63) is 64.7 Å². The lowest BCUT2D eigenvalue weighted by Gasteiger charge is -2.16. The molecule has 0 fully saturated rings. The first-order valence-electron chi connectivity index (χ1n) is 6.44. The summed E-state index contributed by atoms with van der Waals surface area (Å²) in [5.41, 5.74) is 1.58. The van der Waals surface area contributed by atoms with Crippen LogP contribution >= 0.6 is 0 Å². The molecule has 4 heteroatoms. The molecule has 1 unspecified atom stereocenters. The number of aromatic hydroxyl groups is 1. The quantitative estimate of drug-likeness (QED) is 0.890. The number of nitrogens with one attached hydrogen (secondary N) is 1. The molecule has 2 aromatic rings. The minimum absolute atomic E-state index is 0.202. The number of halogens is 2. The van der Waals surface area contributed by atoms with Gasteiger partial charge in [0.2, 0.25) is 0 Å². The summed E-state index contributed by atoms with van der Waals surface area (Å²) in [5, 5.41) is 12.3. The maximum atomic E-state index is 13.8. The molecule has 2 nitrogen and oxygen atoms in total. The Labute approximate surface area is 117 Å². The average Bonchev–Trinajstić information content (AvgIpc) is 2.42. The lowest BCUT2D eigenvalue weighted by atomic mass is 10.0. The molecule has 0 aliphatic carbocycles. The summed E-state index contributed by atoms with van der Waals surface area (Å²) < 4.78 is 27.3. The Morgan fingerprint density at radius 3 is 2.40 bits per heavy atom. The van der Waals surface area contributed by atoms with E-state index in [1.165, 1.54) is 19.1 Å². The van der Waals surface area contributed by atoms with Gasteiger partial charge in [-0.2, -0.15) is 0 Å². The Bertz CT molecular complexity index is 596. The SMILES string of the molecule is Cc1cc(F)c(C(C)NCc2ccc(O)cc2)cc1F. The fraction of sp³-hybridized carbons (Fsp3) is 0.250. The van der Waals surface area contributed by atoms with E-state index < -0.39 is 11.6 Å². The number of phenols is 1. The van der Waals surface area contributed by atoms with Crippen LogP contribution in [-0.4, -0.2) is 5.11 Å². The van der Waals surface area contributed by atoms with Gasteiger partial charge < -0.3 is 10.4 Å². The Kier molecular flexibility index (Phi) is 4.35. The highest BCUT2D eigenvalue weighted by molar-refractivity contribution is 5.28. The second kappa shape index (κ2) is 6.01. The van der Waals surface area contributed by atoms with E-state index in [1.54, 1.807) is 31.2 Å². The van der Waals surface area contributed by atoms with Crippen LogP contribution in [0.2, 0.25) is 0 Å². The molecule has 106 valence electrons. The van der Waals surface area contributed by atoms with Crippen molar-refractivity contribution in [2.45, 2.75) is 26.4 Å². The predicted molar refractivity (Wildman–Crippen MR) is 74.5 cm³/mol. The van der Waals surface area contributed by atoms with Crippen molar-refractivity contribution >= 4 is 0 Å². The van der Waals surface area contributed by atoms with Crippen LogP contribution in [0, 0.1) is 18.6 Å². The molecular weight excluding hydrogens is 260 g/mol. The number of rotatable bonds is 4. The molecule has 0 aliphatic heterocycles. The molecule has 0 saturated carbocycles. The predicted octanol–water partition coefficient (Wildman–Crippen LogP) is 3.83. The van der Waals surface area contributed by atoms with Gasteiger partial charge >= 0.3 is 0 Å². The maximum absolute atomic E-state index is 13.8. The summed E-state index contributed by atoms with van der Waals surface area (Å²) >= 11 is 0. The van der Waals surface area contributed by atoms with Crippen molar-refractivity contribution in [1.82, 2.24) is 5.32 Å². The number of hydrogen-bond donors (Lipinski definition) is 2. The first kappa shape index (κ1) is 14.5. The summed E-state index contributed by atoms with van der Waals surface area (Å²) in [6.45, 7) is 3.83. The number of aryl methyl sites for hydroxylation is 1. The third-order valence-corrected chi connectivity index (χ3v) is 3.29. The van der Waals surface area contributed by atoms with Crippen molar-refractivity contribution in [3.8, 4) is 5.75 Å². The van der Waals surface area contributed by atoms with Crippen LogP contribution in [-0.2, 0) is 6.54 Å². The minimum atomic E-state index is -0.408. The lowest BCUT2D eigenvalue weighted by Crippen LogP contribution is -2.19. The van der Waals surface area contributed by atoms with Crippen molar-refractivity contribution in [2.75, 3.05) is 0 Å². The van der Waals surface area contributed by atoms with Gasteiger partial charge in [0.15, 0.2) is 0 Å². The second-order valence-corrected chi connectivity index (χ2v) is 4.89. The highest BCUT2D eigenvalue weighted by Crippen LogP contribution is 2.21. The van der Waals surface area contributed by atoms with Gasteiger partial charge in [0.05, 0.1) is 0 Å². The zero-order chi connectivity index (χ0) is 14.7. The van der Waals surface area contributed by atoms with Gasteiger partial charge in [-0.05, 0) is 49.2 Å². The molecule has 0 spiro atoms. The summed E-state index contributed by atoms with van der Waals surface area (Å²) in [5.74, 6) is -0.609. The van der Waals surface area contributed by atoms with Crippen molar-refractivity contribution < 1.29 is 13.9 Å². The summed E-state index contributed by atoms with van der Waals surface area (Å²) in [4.78, 5) is 0. The normalized spacial score (nSPS) is 12.4. The standard InChI is InChI=1S/C16H17F2NO/c1-10-7-16(18)14(8-15(10)17)11(2)19-9-12-3-5-13(20)6-4-12/h3-8,11,19-20H,9H2,1-2H3. The van der Waals surface area contributed by atoms with Gasteiger partial charge in [0.1, 0.15) is 17.4 Å². The van der Waals surface area contributed by atoms with Gasteiger partial charge in [-0.15, -0.1) is 0 Å². The lowest BCUT2D eigenvalue weighted by molar-refractivity contribution is 0.474. The van der Waals surface area contributed by atoms with Crippen LogP contribution in [0.15, 0.2) is 36.4 Å². The molecule has 20 heavy (non-hydrogen) atoms. The number of phenolic OH excluding ortho intramolecular Hbond substituents is 1. The van der Waals surface area contributed by atoms with E-state index in [9.17, 15) is 13.9 Å². The van der Waals surface area contributed by atoms with Crippen LogP contribution in [0.1, 0.15) is 29.7 Å².